The summed E-state index contributed by atoms with van der Waals surface area (Å²) in [5.41, 5.74) is 9.24. The van der Waals surface area contributed by atoms with Gasteiger partial charge in [-0.05, 0) is 36.2 Å². The highest BCUT2D eigenvalue weighted by atomic mass is 16.5. The van der Waals surface area contributed by atoms with Gasteiger partial charge in [0.05, 0.1) is 6.42 Å². The molecule has 20 heavy (non-hydrogen) atoms. The average Bonchev–Trinajstić information content (AvgIpc) is 2.90. The average molecular weight is 266 g/mol. The number of nitrogens with two attached hydrogens (primary N) is 1. The number of hydrogen-bond donors (Lipinski definition) is 1. The van der Waals surface area contributed by atoms with E-state index in [2.05, 4.69) is 15.1 Å². The second-order valence-electron chi connectivity index (χ2n) is 4.60. The van der Waals surface area contributed by atoms with Crippen LogP contribution in [0.5, 0.6) is 0 Å². The molecule has 5 nitrogen and oxygen atoms in total. The number of aryl methyl sites for hydroxylation is 1. The van der Waals surface area contributed by atoms with Gasteiger partial charge in [0.25, 0.3) is 0 Å². The van der Waals surface area contributed by atoms with E-state index >= 15 is 0 Å². The molecule has 0 unspecified atom stereocenters. The summed E-state index contributed by atoms with van der Waals surface area (Å²) in [5.74, 6) is 1.09. The van der Waals surface area contributed by atoms with Crippen LogP contribution in [0.1, 0.15) is 17.0 Å². The molecule has 0 aliphatic carbocycles. The Labute approximate surface area is 116 Å². The second-order valence-corrected chi connectivity index (χ2v) is 4.60. The van der Waals surface area contributed by atoms with Gasteiger partial charge in [0.15, 0.2) is 0 Å². The SMILES string of the molecule is Cc1cccnc1-c1noc(Cc2ccc(N)cc2)n1. The summed E-state index contributed by atoms with van der Waals surface area (Å²) in [4.78, 5) is 8.67. The summed E-state index contributed by atoms with van der Waals surface area (Å²) >= 11 is 0. The minimum Gasteiger partial charge on any atom is -0.399 e. The molecule has 100 valence electrons. The molecule has 1 aromatic carbocycles. The van der Waals surface area contributed by atoms with Crippen molar-refractivity contribution in [3.05, 3.63) is 59.6 Å². The normalized spacial score (nSPS) is 10.7. The fourth-order valence-electron chi connectivity index (χ4n) is 1.95. The van der Waals surface area contributed by atoms with Crippen LogP contribution in [0.3, 0.4) is 0 Å². The van der Waals surface area contributed by atoms with Gasteiger partial charge in [-0.3, -0.25) is 4.98 Å². The lowest BCUT2D eigenvalue weighted by Gasteiger charge is -1.98. The maximum atomic E-state index is 5.66. The Morgan fingerprint density at radius 2 is 1.95 bits per heavy atom. The van der Waals surface area contributed by atoms with Gasteiger partial charge in [0, 0.05) is 11.9 Å². The first-order valence-corrected chi connectivity index (χ1v) is 6.31. The monoisotopic (exact) mass is 266 g/mol. The molecule has 0 spiro atoms. The van der Waals surface area contributed by atoms with Crippen molar-refractivity contribution in [1.29, 1.82) is 0 Å². The van der Waals surface area contributed by atoms with Gasteiger partial charge >= 0.3 is 0 Å². The Morgan fingerprint density at radius 1 is 1.15 bits per heavy atom. The maximum Gasteiger partial charge on any atom is 0.231 e. The molecule has 0 saturated heterocycles. The highest BCUT2D eigenvalue weighted by Crippen LogP contribution is 2.18. The molecule has 2 N–H and O–H groups in total. The summed E-state index contributed by atoms with van der Waals surface area (Å²) in [7, 11) is 0. The van der Waals surface area contributed by atoms with Crippen LogP contribution < -0.4 is 5.73 Å². The van der Waals surface area contributed by atoms with E-state index in [1.807, 2.05) is 43.3 Å². The van der Waals surface area contributed by atoms with Crippen LogP contribution >= 0.6 is 0 Å². The summed E-state index contributed by atoms with van der Waals surface area (Å²) in [6.45, 7) is 1.97. The molecule has 0 aliphatic rings. The number of hydrogen-bond acceptors (Lipinski definition) is 5. The number of pyridine rings is 1. The first-order valence-electron chi connectivity index (χ1n) is 6.31. The zero-order valence-electron chi connectivity index (χ0n) is 11.1. The van der Waals surface area contributed by atoms with Gasteiger partial charge in [-0.25, -0.2) is 0 Å². The maximum absolute atomic E-state index is 5.66. The minimum absolute atomic E-state index is 0.522. The molecule has 5 heteroatoms. The highest BCUT2D eigenvalue weighted by molar-refractivity contribution is 5.53. The Morgan fingerprint density at radius 3 is 2.70 bits per heavy atom. The Balaban J connectivity index is 1.84. The van der Waals surface area contributed by atoms with Crippen LogP contribution in [0.25, 0.3) is 11.5 Å². The van der Waals surface area contributed by atoms with E-state index in [0.29, 0.717) is 18.1 Å². The number of nitrogen functional groups attached to an aromatic ring is 1. The lowest BCUT2D eigenvalue weighted by atomic mass is 10.1. The molecule has 0 bridgehead atoms. The van der Waals surface area contributed by atoms with E-state index in [0.717, 1.165) is 22.5 Å². The van der Waals surface area contributed by atoms with Gasteiger partial charge in [-0.2, -0.15) is 4.98 Å². The molecule has 0 radical (unpaired) electrons. The summed E-state index contributed by atoms with van der Waals surface area (Å²) in [6, 6.07) is 11.5. The van der Waals surface area contributed by atoms with Crippen molar-refractivity contribution in [2.75, 3.05) is 5.73 Å². The Bertz CT molecular complexity index is 719. The predicted octanol–water partition coefficient (Wildman–Crippen LogP) is 2.61. The zero-order chi connectivity index (χ0) is 13.9. The van der Waals surface area contributed by atoms with Gasteiger partial charge in [-0.1, -0.05) is 23.4 Å². The number of anilines is 1. The molecular weight excluding hydrogens is 252 g/mol. The van der Waals surface area contributed by atoms with E-state index in [-0.39, 0.29) is 0 Å². The first-order chi connectivity index (χ1) is 9.72. The van der Waals surface area contributed by atoms with Crippen molar-refractivity contribution in [2.24, 2.45) is 0 Å². The topological polar surface area (TPSA) is 77.8 Å². The standard InChI is InChI=1S/C15H14N4O/c1-10-3-2-8-17-14(10)15-18-13(20-19-15)9-11-4-6-12(16)7-5-11/h2-8H,9,16H2,1H3. The van der Waals surface area contributed by atoms with Crippen molar-refractivity contribution < 1.29 is 4.52 Å². The third-order valence-electron chi connectivity index (χ3n) is 3.02. The third kappa shape index (κ3) is 2.51. The highest BCUT2D eigenvalue weighted by Gasteiger charge is 2.12. The smallest absolute Gasteiger partial charge is 0.231 e. The van der Waals surface area contributed by atoms with E-state index in [9.17, 15) is 0 Å². The fraction of sp³-hybridized carbons (Fsp3) is 0.133. The van der Waals surface area contributed by atoms with Crippen molar-refractivity contribution in [3.8, 4) is 11.5 Å². The van der Waals surface area contributed by atoms with Crippen LogP contribution in [0, 0.1) is 6.92 Å². The van der Waals surface area contributed by atoms with Gasteiger partial charge in [-0.15, -0.1) is 0 Å². The van der Waals surface area contributed by atoms with Crippen LogP contribution in [-0.2, 0) is 6.42 Å². The minimum atomic E-state index is 0.522. The molecule has 2 aromatic heterocycles. The molecular formula is C15H14N4O. The second kappa shape index (κ2) is 5.13. The molecule has 0 aliphatic heterocycles. The number of rotatable bonds is 3. The predicted molar refractivity (Wildman–Crippen MR) is 75.9 cm³/mol. The van der Waals surface area contributed by atoms with Gasteiger partial charge in [0.1, 0.15) is 5.69 Å². The molecule has 0 saturated carbocycles. The van der Waals surface area contributed by atoms with Crippen molar-refractivity contribution in [3.63, 3.8) is 0 Å². The van der Waals surface area contributed by atoms with Crippen LogP contribution in [0.2, 0.25) is 0 Å². The number of aromatic nitrogens is 3. The van der Waals surface area contributed by atoms with Crippen LogP contribution in [-0.4, -0.2) is 15.1 Å². The summed E-state index contributed by atoms with van der Waals surface area (Å²) in [6.07, 6.45) is 2.30. The van der Waals surface area contributed by atoms with Crippen molar-refractivity contribution in [1.82, 2.24) is 15.1 Å². The van der Waals surface area contributed by atoms with Crippen LogP contribution in [0.15, 0.2) is 47.1 Å². The molecule has 2 heterocycles. The van der Waals surface area contributed by atoms with E-state index in [1.54, 1.807) is 6.20 Å². The van der Waals surface area contributed by atoms with Crippen molar-refractivity contribution in [2.45, 2.75) is 13.3 Å². The first kappa shape index (κ1) is 12.3. The molecule has 0 atom stereocenters. The van der Waals surface area contributed by atoms with E-state index in [4.69, 9.17) is 10.3 Å². The zero-order valence-corrected chi connectivity index (χ0v) is 11.1. The largest absolute Gasteiger partial charge is 0.399 e. The summed E-state index contributed by atoms with van der Waals surface area (Å²) in [5, 5.41) is 3.99. The fourth-order valence-corrected chi connectivity index (χ4v) is 1.95. The van der Waals surface area contributed by atoms with Crippen molar-refractivity contribution >= 4 is 5.69 Å². The molecule has 3 rings (SSSR count). The van der Waals surface area contributed by atoms with Gasteiger partial charge < -0.3 is 10.3 Å². The van der Waals surface area contributed by atoms with E-state index in [1.165, 1.54) is 0 Å². The van der Waals surface area contributed by atoms with Crippen LogP contribution in [0.4, 0.5) is 5.69 Å². The van der Waals surface area contributed by atoms with Gasteiger partial charge in [0.2, 0.25) is 11.7 Å². The lowest BCUT2D eigenvalue weighted by molar-refractivity contribution is 0.385. The number of nitrogens with zero attached hydrogens (tertiary/aromatic N) is 3. The number of benzene rings is 1. The molecule has 3 aromatic rings. The Hall–Kier alpha value is -2.69. The quantitative estimate of drug-likeness (QED) is 0.737. The Kier molecular flexibility index (Phi) is 3.16. The van der Waals surface area contributed by atoms with E-state index < -0.39 is 0 Å². The molecule has 0 amide bonds. The third-order valence-corrected chi connectivity index (χ3v) is 3.02. The summed E-state index contributed by atoms with van der Waals surface area (Å²) < 4.78 is 5.28. The molecule has 0 fully saturated rings. The lowest BCUT2D eigenvalue weighted by Crippen LogP contribution is -1.92.